The quantitative estimate of drug-likeness (QED) is 0.673. The SMILES string of the molecule is CN1CCC(CNC(=O)NCC2CCCNC2)C1. The van der Waals surface area contributed by atoms with Crippen LogP contribution in [0.2, 0.25) is 0 Å². The molecule has 0 bridgehead atoms. The van der Waals surface area contributed by atoms with Crippen molar-refractivity contribution in [2.24, 2.45) is 11.8 Å². The first kappa shape index (κ1) is 13.6. The van der Waals surface area contributed by atoms with Crippen molar-refractivity contribution >= 4 is 6.03 Å². The van der Waals surface area contributed by atoms with Gasteiger partial charge in [0, 0.05) is 19.6 Å². The highest BCUT2D eigenvalue weighted by atomic mass is 16.2. The molecule has 5 nitrogen and oxygen atoms in total. The first-order valence-electron chi connectivity index (χ1n) is 7.15. The summed E-state index contributed by atoms with van der Waals surface area (Å²) in [7, 11) is 2.14. The van der Waals surface area contributed by atoms with E-state index in [-0.39, 0.29) is 6.03 Å². The fourth-order valence-electron chi connectivity index (χ4n) is 2.83. The Balaban J connectivity index is 1.54. The van der Waals surface area contributed by atoms with E-state index in [9.17, 15) is 4.79 Å². The molecule has 2 amide bonds. The van der Waals surface area contributed by atoms with Crippen LogP contribution in [0.5, 0.6) is 0 Å². The van der Waals surface area contributed by atoms with Crippen LogP contribution < -0.4 is 16.0 Å². The predicted molar refractivity (Wildman–Crippen MR) is 72.6 cm³/mol. The second-order valence-corrected chi connectivity index (χ2v) is 5.72. The minimum atomic E-state index is -0.00451. The molecule has 0 saturated carbocycles. The molecule has 2 unspecified atom stereocenters. The summed E-state index contributed by atoms with van der Waals surface area (Å²) in [6, 6.07) is -0.00451. The highest BCUT2D eigenvalue weighted by Crippen LogP contribution is 2.12. The zero-order valence-corrected chi connectivity index (χ0v) is 11.4. The largest absolute Gasteiger partial charge is 0.338 e. The molecule has 0 aromatic heterocycles. The lowest BCUT2D eigenvalue weighted by Crippen LogP contribution is -2.43. The minimum Gasteiger partial charge on any atom is -0.338 e. The number of likely N-dealkylation sites (tertiary alicyclic amines) is 1. The number of hydrogen-bond donors (Lipinski definition) is 3. The van der Waals surface area contributed by atoms with E-state index in [2.05, 4.69) is 27.9 Å². The first-order chi connectivity index (χ1) is 8.74. The minimum absolute atomic E-state index is 0.00451. The lowest BCUT2D eigenvalue weighted by atomic mass is 10.00. The summed E-state index contributed by atoms with van der Waals surface area (Å²) in [5, 5.41) is 9.33. The van der Waals surface area contributed by atoms with Crippen LogP contribution in [0.3, 0.4) is 0 Å². The Labute approximate surface area is 110 Å². The summed E-state index contributed by atoms with van der Waals surface area (Å²) in [6.45, 7) is 6.02. The highest BCUT2D eigenvalue weighted by Gasteiger charge is 2.20. The molecule has 2 saturated heterocycles. The Hall–Kier alpha value is -0.810. The monoisotopic (exact) mass is 254 g/mol. The van der Waals surface area contributed by atoms with Gasteiger partial charge in [0.1, 0.15) is 0 Å². The topological polar surface area (TPSA) is 56.4 Å². The van der Waals surface area contributed by atoms with E-state index in [1.807, 2.05) is 0 Å². The van der Waals surface area contributed by atoms with Gasteiger partial charge in [0.2, 0.25) is 0 Å². The standard InChI is InChI=1S/C13H26N4O/c1-17-6-4-12(10-17)9-16-13(18)15-8-11-3-2-5-14-7-11/h11-12,14H,2-10H2,1H3,(H2,15,16,18). The van der Waals surface area contributed by atoms with Crippen molar-refractivity contribution in [3.8, 4) is 0 Å². The lowest BCUT2D eigenvalue weighted by Gasteiger charge is -2.23. The molecule has 104 valence electrons. The van der Waals surface area contributed by atoms with Gasteiger partial charge >= 0.3 is 6.03 Å². The number of amides is 2. The molecule has 2 aliphatic heterocycles. The first-order valence-corrected chi connectivity index (χ1v) is 7.15. The van der Waals surface area contributed by atoms with Crippen molar-refractivity contribution in [3.05, 3.63) is 0 Å². The van der Waals surface area contributed by atoms with Gasteiger partial charge in [-0.15, -0.1) is 0 Å². The van der Waals surface area contributed by atoms with Crippen LogP contribution in [-0.4, -0.2) is 57.2 Å². The molecule has 0 aliphatic carbocycles. The van der Waals surface area contributed by atoms with E-state index >= 15 is 0 Å². The highest BCUT2D eigenvalue weighted by molar-refractivity contribution is 5.73. The smallest absolute Gasteiger partial charge is 0.314 e. The van der Waals surface area contributed by atoms with Crippen LogP contribution in [0.1, 0.15) is 19.3 Å². The number of urea groups is 1. The fraction of sp³-hybridized carbons (Fsp3) is 0.923. The number of hydrogen-bond acceptors (Lipinski definition) is 3. The number of nitrogens with zero attached hydrogens (tertiary/aromatic N) is 1. The van der Waals surface area contributed by atoms with Crippen molar-refractivity contribution in [1.29, 1.82) is 0 Å². The van der Waals surface area contributed by atoms with Gasteiger partial charge in [0.05, 0.1) is 0 Å². The maximum atomic E-state index is 11.7. The molecule has 18 heavy (non-hydrogen) atoms. The van der Waals surface area contributed by atoms with Crippen LogP contribution in [-0.2, 0) is 0 Å². The van der Waals surface area contributed by atoms with Crippen molar-refractivity contribution in [2.45, 2.75) is 19.3 Å². The third-order valence-corrected chi connectivity index (χ3v) is 3.99. The van der Waals surface area contributed by atoms with Crippen LogP contribution in [0.15, 0.2) is 0 Å². The summed E-state index contributed by atoms with van der Waals surface area (Å²) in [5.41, 5.74) is 0. The zero-order chi connectivity index (χ0) is 12.8. The molecule has 0 spiro atoms. The molecule has 3 N–H and O–H groups in total. The number of carbonyl (C=O) groups is 1. The maximum Gasteiger partial charge on any atom is 0.314 e. The molecular weight excluding hydrogens is 228 g/mol. The van der Waals surface area contributed by atoms with E-state index in [0.717, 1.165) is 39.3 Å². The average molecular weight is 254 g/mol. The average Bonchev–Trinajstić information content (AvgIpc) is 2.81. The van der Waals surface area contributed by atoms with Crippen molar-refractivity contribution in [2.75, 3.05) is 46.3 Å². The van der Waals surface area contributed by atoms with E-state index in [1.165, 1.54) is 19.3 Å². The summed E-state index contributed by atoms with van der Waals surface area (Å²) in [4.78, 5) is 14.0. The summed E-state index contributed by atoms with van der Waals surface area (Å²) >= 11 is 0. The van der Waals surface area contributed by atoms with Crippen molar-refractivity contribution < 1.29 is 4.79 Å². The van der Waals surface area contributed by atoms with Gasteiger partial charge in [-0.05, 0) is 57.8 Å². The van der Waals surface area contributed by atoms with Crippen LogP contribution in [0, 0.1) is 11.8 Å². The molecule has 2 aliphatic rings. The van der Waals surface area contributed by atoms with Crippen molar-refractivity contribution in [1.82, 2.24) is 20.9 Å². The van der Waals surface area contributed by atoms with E-state index in [1.54, 1.807) is 0 Å². The van der Waals surface area contributed by atoms with Crippen LogP contribution >= 0.6 is 0 Å². The lowest BCUT2D eigenvalue weighted by molar-refractivity contribution is 0.235. The number of carbonyl (C=O) groups excluding carboxylic acids is 1. The normalized spacial score (nSPS) is 29.2. The van der Waals surface area contributed by atoms with Gasteiger partial charge in [0.15, 0.2) is 0 Å². The number of piperidine rings is 1. The summed E-state index contributed by atoms with van der Waals surface area (Å²) < 4.78 is 0. The Morgan fingerprint density at radius 3 is 2.67 bits per heavy atom. The number of nitrogens with one attached hydrogen (secondary N) is 3. The van der Waals surface area contributed by atoms with Gasteiger partial charge in [-0.25, -0.2) is 4.79 Å². The summed E-state index contributed by atoms with van der Waals surface area (Å²) in [6.07, 6.45) is 3.65. The third-order valence-electron chi connectivity index (χ3n) is 3.99. The van der Waals surface area contributed by atoms with Gasteiger partial charge in [0.25, 0.3) is 0 Å². The number of rotatable bonds is 4. The molecule has 5 heteroatoms. The molecule has 2 atom stereocenters. The second kappa shape index (κ2) is 6.95. The fourth-order valence-corrected chi connectivity index (χ4v) is 2.83. The Kier molecular flexibility index (Phi) is 5.26. The molecule has 0 aromatic carbocycles. The molecule has 2 fully saturated rings. The van der Waals surface area contributed by atoms with Crippen LogP contribution in [0.25, 0.3) is 0 Å². The Morgan fingerprint density at radius 1 is 1.28 bits per heavy atom. The molecule has 0 radical (unpaired) electrons. The van der Waals surface area contributed by atoms with Gasteiger partial charge in [-0.3, -0.25) is 0 Å². The molecule has 0 aromatic rings. The van der Waals surface area contributed by atoms with E-state index in [4.69, 9.17) is 0 Å². The third kappa shape index (κ3) is 4.46. The summed E-state index contributed by atoms with van der Waals surface area (Å²) in [5.74, 6) is 1.22. The van der Waals surface area contributed by atoms with Crippen LogP contribution in [0.4, 0.5) is 4.79 Å². The van der Waals surface area contributed by atoms with Gasteiger partial charge < -0.3 is 20.9 Å². The van der Waals surface area contributed by atoms with Gasteiger partial charge in [-0.1, -0.05) is 0 Å². The molecule has 2 heterocycles. The Bertz CT molecular complexity index is 255. The molecular formula is C13H26N4O. The van der Waals surface area contributed by atoms with E-state index in [0.29, 0.717) is 11.8 Å². The predicted octanol–water partition coefficient (Wildman–Crippen LogP) is 0.237. The molecule has 2 rings (SSSR count). The zero-order valence-electron chi connectivity index (χ0n) is 11.4. The van der Waals surface area contributed by atoms with Gasteiger partial charge in [-0.2, -0.15) is 0 Å². The Morgan fingerprint density at radius 2 is 2.06 bits per heavy atom. The second-order valence-electron chi connectivity index (χ2n) is 5.72. The van der Waals surface area contributed by atoms with E-state index < -0.39 is 0 Å². The van der Waals surface area contributed by atoms with Crippen molar-refractivity contribution in [3.63, 3.8) is 0 Å². The maximum absolute atomic E-state index is 11.7.